The van der Waals surface area contributed by atoms with Crippen molar-refractivity contribution in [2.24, 2.45) is 4.99 Å². The predicted octanol–water partition coefficient (Wildman–Crippen LogP) is 3.44. The van der Waals surface area contributed by atoms with Gasteiger partial charge in [0, 0.05) is 20.2 Å². The molecule has 0 unspecified atom stereocenters. The highest BCUT2D eigenvalue weighted by molar-refractivity contribution is 14.0. The Balaban J connectivity index is 0.00000261. The zero-order chi connectivity index (χ0) is 18.2. The molecule has 2 N–H and O–H groups in total. The molecule has 2 aromatic carbocycles. The number of aliphatic imine (C=N–C) groups is 1. The van der Waals surface area contributed by atoms with Gasteiger partial charge in [-0.2, -0.15) is 0 Å². The van der Waals surface area contributed by atoms with Crippen LogP contribution in [0.25, 0.3) is 0 Å². The number of rotatable bonds is 7. The van der Waals surface area contributed by atoms with Crippen molar-refractivity contribution in [2.75, 3.05) is 20.4 Å². The van der Waals surface area contributed by atoms with Gasteiger partial charge in [0.2, 0.25) is 6.79 Å². The predicted molar refractivity (Wildman–Crippen MR) is 117 cm³/mol. The molecule has 2 aromatic rings. The van der Waals surface area contributed by atoms with Crippen LogP contribution in [0, 0.1) is 0 Å². The van der Waals surface area contributed by atoms with E-state index in [0.29, 0.717) is 19.7 Å². The molecule has 0 fully saturated rings. The van der Waals surface area contributed by atoms with E-state index in [0.717, 1.165) is 29.6 Å². The Morgan fingerprint density at radius 2 is 1.70 bits per heavy atom. The standard InChI is InChI=1S/C20H25N3O3.HI/c1-3-21-20(22-11-15-4-6-16(7-5-15)13-24-2)23-12-17-8-9-18-19(10-17)26-14-25-18;/h4-10H,3,11-14H2,1-2H3,(H2,21,22,23);1H. The van der Waals surface area contributed by atoms with Crippen LogP contribution in [0.5, 0.6) is 11.5 Å². The number of nitrogens with one attached hydrogen (secondary N) is 2. The first-order valence-electron chi connectivity index (χ1n) is 8.76. The quantitative estimate of drug-likeness (QED) is 0.359. The van der Waals surface area contributed by atoms with Crippen molar-refractivity contribution < 1.29 is 14.2 Å². The monoisotopic (exact) mass is 483 g/mol. The van der Waals surface area contributed by atoms with Gasteiger partial charge in [-0.1, -0.05) is 30.3 Å². The zero-order valence-electron chi connectivity index (χ0n) is 15.7. The van der Waals surface area contributed by atoms with E-state index in [1.165, 1.54) is 11.1 Å². The van der Waals surface area contributed by atoms with Crippen LogP contribution in [-0.4, -0.2) is 26.4 Å². The van der Waals surface area contributed by atoms with Crippen molar-refractivity contribution in [1.29, 1.82) is 0 Å². The molecular formula is C20H26IN3O3. The highest BCUT2D eigenvalue weighted by Crippen LogP contribution is 2.32. The summed E-state index contributed by atoms with van der Waals surface area (Å²) in [4.78, 5) is 4.65. The smallest absolute Gasteiger partial charge is 0.231 e. The van der Waals surface area contributed by atoms with Gasteiger partial charge in [-0.05, 0) is 35.7 Å². The summed E-state index contributed by atoms with van der Waals surface area (Å²) in [5.41, 5.74) is 3.44. The van der Waals surface area contributed by atoms with Crippen LogP contribution in [0.2, 0.25) is 0 Å². The number of hydrogen-bond acceptors (Lipinski definition) is 4. The summed E-state index contributed by atoms with van der Waals surface area (Å²) in [6.07, 6.45) is 0. The van der Waals surface area contributed by atoms with E-state index in [1.54, 1.807) is 7.11 Å². The Kier molecular flexibility index (Phi) is 8.66. The fourth-order valence-corrected chi connectivity index (χ4v) is 2.66. The van der Waals surface area contributed by atoms with Crippen LogP contribution >= 0.6 is 24.0 Å². The summed E-state index contributed by atoms with van der Waals surface area (Å²) in [5.74, 6) is 2.36. The number of hydrogen-bond donors (Lipinski definition) is 2. The maximum absolute atomic E-state index is 5.41. The summed E-state index contributed by atoms with van der Waals surface area (Å²) in [5, 5.41) is 6.63. The van der Waals surface area contributed by atoms with Gasteiger partial charge in [0.15, 0.2) is 17.5 Å². The second kappa shape index (κ2) is 11.0. The van der Waals surface area contributed by atoms with Crippen LogP contribution < -0.4 is 20.1 Å². The zero-order valence-corrected chi connectivity index (χ0v) is 18.0. The number of methoxy groups -OCH3 is 1. The molecule has 0 spiro atoms. The molecule has 6 nitrogen and oxygen atoms in total. The molecule has 0 saturated heterocycles. The van der Waals surface area contributed by atoms with Crippen LogP contribution in [-0.2, 0) is 24.4 Å². The number of guanidine groups is 1. The third-order valence-electron chi connectivity index (χ3n) is 3.99. The highest BCUT2D eigenvalue weighted by Gasteiger charge is 2.12. The highest BCUT2D eigenvalue weighted by atomic mass is 127. The van der Waals surface area contributed by atoms with Gasteiger partial charge in [0.05, 0.1) is 13.2 Å². The molecule has 0 amide bonds. The molecule has 146 valence electrons. The van der Waals surface area contributed by atoms with Crippen molar-refractivity contribution in [3.63, 3.8) is 0 Å². The second-order valence-electron chi connectivity index (χ2n) is 5.99. The summed E-state index contributed by atoms with van der Waals surface area (Å²) in [6, 6.07) is 14.3. The van der Waals surface area contributed by atoms with Gasteiger partial charge < -0.3 is 24.8 Å². The first kappa shape index (κ1) is 21.3. The first-order valence-corrected chi connectivity index (χ1v) is 8.76. The van der Waals surface area contributed by atoms with Crippen molar-refractivity contribution in [3.8, 4) is 11.5 Å². The summed E-state index contributed by atoms with van der Waals surface area (Å²) in [6.45, 7) is 5.05. The van der Waals surface area contributed by atoms with Crippen LogP contribution in [0.3, 0.4) is 0 Å². The van der Waals surface area contributed by atoms with E-state index < -0.39 is 0 Å². The number of nitrogens with zero attached hydrogens (tertiary/aromatic N) is 1. The van der Waals surface area contributed by atoms with E-state index >= 15 is 0 Å². The van der Waals surface area contributed by atoms with E-state index in [1.807, 2.05) is 18.2 Å². The fourth-order valence-electron chi connectivity index (χ4n) is 2.66. The molecule has 0 atom stereocenters. The normalized spacial score (nSPS) is 12.4. The Morgan fingerprint density at radius 1 is 1.00 bits per heavy atom. The molecule has 0 saturated carbocycles. The lowest BCUT2D eigenvalue weighted by atomic mass is 10.1. The number of benzene rings is 2. The third kappa shape index (κ3) is 6.28. The largest absolute Gasteiger partial charge is 0.454 e. The van der Waals surface area contributed by atoms with Crippen LogP contribution in [0.4, 0.5) is 0 Å². The fraction of sp³-hybridized carbons (Fsp3) is 0.350. The van der Waals surface area contributed by atoms with Gasteiger partial charge in [-0.3, -0.25) is 0 Å². The molecule has 27 heavy (non-hydrogen) atoms. The lowest BCUT2D eigenvalue weighted by Crippen LogP contribution is -2.36. The molecule has 0 bridgehead atoms. The Labute approximate surface area is 177 Å². The van der Waals surface area contributed by atoms with Crippen molar-refractivity contribution in [1.82, 2.24) is 10.6 Å². The molecule has 0 aliphatic carbocycles. The van der Waals surface area contributed by atoms with Crippen molar-refractivity contribution in [3.05, 3.63) is 59.2 Å². The second-order valence-corrected chi connectivity index (χ2v) is 5.99. The number of ether oxygens (including phenoxy) is 3. The topological polar surface area (TPSA) is 64.1 Å². The Bertz CT molecular complexity index is 751. The lowest BCUT2D eigenvalue weighted by molar-refractivity contribution is 0.174. The van der Waals surface area contributed by atoms with Crippen LogP contribution in [0.15, 0.2) is 47.5 Å². The van der Waals surface area contributed by atoms with Crippen molar-refractivity contribution in [2.45, 2.75) is 26.6 Å². The average Bonchev–Trinajstić information content (AvgIpc) is 3.13. The van der Waals surface area contributed by atoms with Crippen molar-refractivity contribution >= 4 is 29.9 Å². The number of fused-ring (bicyclic) bond motifs is 1. The summed E-state index contributed by atoms with van der Waals surface area (Å²) >= 11 is 0. The average molecular weight is 483 g/mol. The van der Waals surface area contributed by atoms with E-state index in [2.05, 4.69) is 46.8 Å². The lowest BCUT2D eigenvalue weighted by Gasteiger charge is -2.12. The first-order chi connectivity index (χ1) is 12.8. The minimum absolute atomic E-state index is 0. The molecule has 7 heteroatoms. The van der Waals surface area contributed by atoms with Gasteiger partial charge in [0.1, 0.15) is 0 Å². The molecule has 1 heterocycles. The Morgan fingerprint density at radius 3 is 2.44 bits per heavy atom. The maximum Gasteiger partial charge on any atom is 0.231 e. The SMILES string of the molecule is CCNC(=NCc1ccc2c(c1)OCO2)NCc1ccc(COC)cc1.I. The van der Waals surface area contributed by atoms with Crippen LogP contribution in [0.1, 0.15) is 23.6 Å². The third-order valence-corrected chi connectivity index (χ3v) is 3.99. The molecule has 1 aliphatic heterocycles. The summed E-state index contributed by atoms with van der Waals surface area (Å²) < 4.78 is 15.9. The van der Waals surface area contributed by atoms with E-state index in [9.17, 15) is 0 Å². The van der Waals surface area contributed by atoms with E-state index in [4.69, 9.17) is 14.2 Å². The van der Waals surface area contributed by atoms with Gasteiger partial charge in [0.25, 0.3) is 0 Å². The van der Waals surface area contributed by atoms with Gasteiger partial charge in [-0.25, -0.2) is 4.99 Å². The maximum atomic E-state index is 5.41. The Hall–Kier alpha value is -2.00. The van der Waals surface area contributed by atoms with Gasteiger partial charge >= 0.3 is 0 Å². The molecule has 0 radical (unpaired) electrons. The minimum atomic E-state index is 0. The van der Waals surface area contributed by atoms with Gasteiger partial charge in [-0.15, -0.1) is 24.0 Å². The van der Waals surface area contributed by atoms with E-state index in [-0.39, 0.29) is 30.8 Å². The minimum Gasteiger partial charge on any atom is -0.454 e. The molecule has 3 rings (SSSR count). The number of halogens is 1. The molecule has 1 aliphatic rings. The molecular weight excluding hydrogens is 457 g/mol. The molecule has 0 aromatic heterocycles. The summed E-state index contributed by atoms with van der Waals surface area (Å²) in [7, 11) is 1.70.